The summed E-state index contributed by atoms with van der Waals surface area (Å²) < 4.78 is 11.1. The summed E-state index contributed by atoms with van der Waals surface area (Å²) in [6.45, 7) is 7.52. The zero-order chi connectivity index (χ0) is 11.7. The molecule has 0 aliphatic heterocycles. The zero-order valence-electron chi connectivity index (χ0n) is 10.7. The topological polar surface area (TPSA) is 29.1 Å². The third-order valence-electron chi connectivity index (χ3n) is 2.85. The predicted octanol–water partition coefficient (Wildman–Crippen LogP) is 2.70. The van der Waals surface area contributed by atoms with E-state index in [0.29, 0.717) is 11.3 Å². The van der Waals surface area contributed by atoms with E-state index in [1.165, 1.54) is 25.7 Å². The van der Waals surface area contributed by atoms with Crippen LogP contribution in [0.5, 0.6) is 0 Å². The lowest BCUT2D eigenvalue weighted by Gasteiger charge is -2.15. The molecule has 2 nitrogen and oxygen atoms in total. The first-order chi connectivity index (χ1) is 7.07. The van der Waals surface area contributed by atoms with E-state index in [0.717, 1.165) is 13.0 Å². The first kappa shape index (κ1) is 15.1. The van der Waals surface area contributed by atoms with Gasteiger partial charge in [-0.1, -0.05) is 33.1 Å². The molecule has 0 heterocycles. The molecule has 92 valence electrons. The van der Waals surface area contributed by atoms with Crippen LogP contribution in [-0.4, -0.2) is 28.3 Å². The van der Waals surface area contributed by atoms with Crippen molar-refractivity contribution in [3.63, 3.8) is 0 Å². The molecule has 0 aliphatic carbocycles. The van der Waals surface area contributed by atoms with Gasteiger partial charge in [0.05, 0.1) is 0 Å². The van der Waals surface area contributed by atoms with Gasteiger partial charge in [0.1, 0.15) is 0 Å². The van der Waals surface area contributed by atoms with E-state index in [9.17, 15) is 4.21 Å². The zero-order valence-corrected chi connectivity index (χ0v) is 11.5. The second kappa shape index (κ2) is 9.34. The van der Waals surface area contributed by atoms with Gasteiger partial charge in [0, 0.05) is 28.3 Å². The molecule has 0 amide bonds. The van der Waals surface area contributed by atoms with Crippen molar-refractivity contribution < 1.29 is 4.21 Å². The number of nitrogens with one attached hydrogen (secondary N) is 1. The Balaban J connectivity index is 3.38. The van der Waals surface area contributed by atoms with Crippen LogP contribution in [0.1, 0.15) is 52.9 Å². The van der Waals surface area contributed by atoms with E-state index in [1.807, 2.05) is 0 Å². The quantitative estimate of drug-likeness (QED) is 0.620. The van der Waals surface area contributed by atoms with Crippen molar-refractivity contribution in [2.24, 2.45) is 0 Å². The monoisotopic (exact) mass is 233 g/mol. The van der Waals surface area contributed by atoms with Crippen molar-refractivity contribution in [3.05, 3.63) is 0 Å². The fraction of sp³-hybridized carbons (Fsp3) is 1.00. The van der Waals surface area contributed by atoms with Gasteiger partial charge in [-0.2, -0.15) is 0 Å². The standard InChI is InChI=1S/C12H27NOS/c1-5-6-7-8-11(2)13-10-9-12(3)15(4)14/h11-13H,5-10H2,1-4H3. The van der Waals surface area contributed by atoms with Crippen LogP contribution in [-0.2, 0) is 10.8 Å². The molecular formula is C12H27NOS. The van der Waals surface area contributed by atoms with E-state index < -0.39 is 10.8 Å². The molecule has 0 bridgehead atoms. The second-order valence-electron chi connectivity index (χ2n) is 4.45. The summed E-state index contributed by atoms with van der Waals surface area (Å²) in [5.41, 5.74) is 0. The van der Waals surface area contributed by atoms with E-state index in [4.69, 9.17) is 0 Å². The Labute approximate surface area is 97.7 Å². The summed E-state index contributed by atoms with van der Waals surface area (Å²) in [5.74, 6) is 0. The van der Waals surface area contributed by atoms with Crippen LogP contribution in [0.2, 0.25) is 0 Å². The van der Waals surface area contributed by atoms with Crippen LogP contribution < -0.4 is 5.32 Å². The molecule has 0 saturated carbocycles. The molecule has 3 heteroatoms. The Hall–Kier alpha value is 0.110. The van der Waals surface area contributed by atoms with Gasteiger partial charge in [0.25, 0.3) is 0 Å². The molecule has 0 fully saturated rings. The number of unbranched alkanes of at least 4 members (excludes halogenated alkanes) is 2. The van der Waals surface area contributed by atoms with Gasteiger partial charge in [0.15, 0.2) is 0 Å². The lowest BCUT2D eigenvalue weighted by atomic mass is 10.1. The molecular weight excluding hydrogens is 206 g/mol. The average Bonchev–Trinajstić information content (AvgIpc) is 2.18. The largest absolute Gasteiger partial charge is 0.314 e. The summed E-state index contributed by atoms with van der Waals surface area (Å²) in [5, 5.41) is 3.81. The maximum absolute atomic E-state index is 11.1. The fourth-order valence-electron chi connectivity index (χ4n) is 1.50. The van der Waals surface area contributed by atoms with E-state index in [2.05, 4.69) is 26.1 Å². The lowest BCUT2D eigenvalue weighted by molar-refractivity contribution is 0.481. The smallest absolute Gasteiger partial charge is 0.0329 e. The van der Waals surface area contributed by atoms with Gasteiger partial charge in [-0.25, -0.2) is 0 Å². The molecule has 0 saturated heterocycles. The number of hydrogen-bond acceptors (Lipinski definition) is 2. The van der Waals surface area contributed by atoms with Crippen molar-refractivity contribution in [1.29, 1.82) is 0 Å². The van der Waals surface area contributed by atoms with Crippen LogP contribution in [0, 0.1) is 0 Å². The van der Waals surface area contributed by atoms with Gasteiger partial charge in [0.2, 0.25) is 0 Å². The highest BCUT2D eigenvalue weighted by atomic mass is 32.2. The molecule has 0 aliphatic rings. The predicted molar refractivity (Wildman–Crippen MR) is 69.8 cm³/mol. The summed E-state index contributed by atoms with van der Waals surface area (Å²) in [7, 11) is -0.672. The van der Waals surface area contributed by atoms with Crippen molar-refractivity contribution >= 4 is 10.8 Å². The molecule has 0 aromatic heterocycles. The maximum atomic E-state index is 11.1. The minimum absolute atomic E-state index is 0.320. The van der Waals surface area contributed by atoms with Gasteiger partial charge in [-0.05, 0) is 26.3 Å². The molecule has 3 unspecified atom stereocenters. The van der Waals surface area contributed by atoms with Gasteiger partial charge >= 0.3 is 0 Å². The Morgan fingerprint density at radius 3 is 2.40 bits per heavy atom. The molecule has 0 rings (SSSR count). The average molecular weight is 233 g/mol. The van der Waals surface area contributed by atoms with Crippen molar-refractivity contribution in [2.75, 3.05) is 12.8 Å². The molecule has 1 N–H and O–H groups in total. The minimum atomic E-state index is -0.672. The number of hydrogen-bond donors (Lipinski definition) is 1. The van der Waals surface area contributed by atoms with Crippen LogP contribution in [0.4, 0.5) is 0 Å². The highest BCUT2D eigenvalue weighted by Crippen LogP contribution is 2.03. The first-order valence-corrected chi connectivity index (χ1v) is 7.75. The maximum Gasteiger partial charge on any atom is 0.0329 e. The Kier molecular flexibility index (Phi) is 9.41. The molecule has 0 aromatic rings. The van der Waals surface area contributed by atoms with Crippen LogP contribution in [0.3, 0.4) is 0 Å². The Bertz CT molecular complexity index is 173. The van der Waals surface area contributed by atoms with Crippen molar-refractivity contribution in [3.8, 4) is 0 Å². The van der Waals surface area contributed by atoms with Crippen LogP contribution in [0.25, 0.3) is 0 Å². The summed E-state index contributed by atoms with van der Waals surface area (Å²) >= 11 is 0. The molecule has 15 heavy (non-hydrogen) atoms. The van der Waals surface area contributed by atoms with E-state index >= 15 is 0 Å². The van der Waals surface area contributed by atoms with Gasteiger partial charge in [-0.3, -0.25) is 4.21 Å². The van der Waals surface area contributed by atoms with Crippen LogP contribution >= 0.6 is 0 Å². The van der Waals surface area contributed by atoms with Crippen LogP contribution in [0.15, 0.2) is 0 Å². The third-order valence-corrected chi connectivity index (χ3v) is 4.22. The van der Waals surface area contributed by atoms with E-state index in [1.54, 1.807) is 6.26 Å². The second-order valence-corrected chi connectivity index (χ2v) is 6.25. The normalized spacial score (nSPS) is 17.3. The third kappa shape index (κ3) is 9.06. The first-order valence-electron chi connectivity index (χ1n) is 6.13. The number of rotatable bonds is 9. The SMILES string of the molecule is CCCCCC(C)NCCC(C)S(C)=O. The summed E-state index contributed by atoms with van der Waals surface area (Å²) in [6, 6.07) is 0.606. The van der Waals surface area contributed by atoms with Crippen molar-refractivity contribution in [1.82, 2.24) is 5.32 Å². The molecule has 0 aromatic carbocycles. The lowest BCUT2D eigenvalue weighted by Crippen LogP contribution is -2.29. The Morgan fingerprint density at radius 2 is 1.87 bits per heavy atom. The van der Waals surface area contributed by atoms with Crippen molar-refractivity contribution in [2.45, 2.75) is 64.2 Å². The Morgan fingerprint density at radius 1 is 1.20 bits per heavy atom. The molecule has 3 atom stereocenters. The van der Waals surface area contributed by atoms with E-state index in [-0.39, 0.29) is 0 Å². The molecule has 0 radical (unpaired) electrons. The van der Waals surface area contributed by atoms with Gasteiger partial charge in [-0.15, -0.1) is 0 Å². The summed E-state index contributed by atoms with van der Waals surface area (Å²) in [6.07, 6.45) is 8.01. The van der Waals surface area contributed by atoms with Gasteiger partial charge < -0.3 is 5.32 Å². The summed E-state index contributed by atoms with van der Waals surface area (Å²) in [4.78, 5) is 0. The highest BCUT2D eigenvalue weighted by molar-refractivity contribution is 7.84. The minimum Gasteiger partial charge on any atom is -0.314 e. The highest BCUT2D eigenvalue weighted by Gasteiger charge is 2.06. The fourth-order valence-corrected chi connectivity index (χ4v) is 1.95. The molecule has 0 spiro atoms.